The molecule has 0 fully saturated rings. The fourth-order valence-electron chi connectivity index (χ4n) is 0.797. The maximum atomic E-state index is 10.7. The van der Waals surface area contributed by atoms with Gasteiger partial charge in [0, 0.05) is 0 Å². The molecule has 0 amide bonds. The van der Waals surface area contributed by atoms with Gasteiger partial charge in [0.05, 0.1) is 0 Å². The van der Waals surface area contributed by atoms with Crippen molar-refractivity contribution in [3.05, 3.63) is 12.7 Å². The predicted molar refractivity (Wildman–Crippen MR) is 59.8 cm³/mol. The largest absolute Gasteiger partial charge is 0.466 e. The van der Waals surface area contributed by atoms with E-state index in [1.165, 1.54) is 37.7 Å². The van der Waals surface area contributed by atoms with E-state index in [2.05, 4.69) is 6.58 Å². The maximum Gasteiger partial charge on any atom is 0.466 e. The third-order valence-corrected chi connectivity index (χ3v) is 2.16. The molecular formula is C8H16NaO6P. The van der Waals surface area contributed by atoms with Crippen LogP contribution in [-0.2, 0) is 14.1 Å². The molecule has 90 valence electrons. The van der Waals surface area contributed by atoms with E-state index in [-0.39, 0.29) is 12.1 Å². The SMILES string of the molecule is C=CC(=O)OC(C)CC[CH2][Na].O=P(O)(O)O. The number of phosphoric acid groups is 1. The van der Waals surface area contributed by atoms with Gasteiger partial charge in [0.15, 0.2) is 0 Å². The number of rotatable bonds is 5. The van der Waals surface area contributed by atoms with Crippen molar-refractivity contribution in [2.45, 2.75) is 29.5 Å². The Hall–Kier alpha value is 0.320. The van der Waals surface area contributed by atoms with Gasteiger partial charge in [-0.1, -0.05) is 0 Å². The van der Waals surface area contributed by atoms with Crippen molar-refractivity contribution in [2.75, 3.05) is 0 Å². The molecule has 0 aromatic carbocycles. The molecule has 0 heterocycles. The Morgan fingerprint density at radius 1 is 1.56 bits per heavy atom. The number of esters is 1. The number of hydrogen-bond acceptors (Lipinski definition) is 3. The molecule has 0 aliphatic rings. The third-order valence-electron chi connectivity index (χ3n) is 1.45. The molecule has 0 saturated carbocycles. The van der Waals surface area contributed by atoms with Crippen LogP contribution in [-0.4, -0.2) is 54.7 Å². The number of hydrogen-bond donors (Lipinski definition) is 3. The summed E-state index contributed by atoms with van der Waals surface area (Å²) in [6.07, 6.45) is 3.40. The van der Waals surface area contributed by atoms with Crippen LogP contribution in [0.3, 0.4) is 0 Å². The fourth-order valence-corrected chi connectivity index (χ4v) is 1.21. The van der Waals surface area contributed by atoms with Gasteiger partial charge in [0.1, 0.15) is 0 Å². The fraction of sp³-hybridized carbons (Fsp3) is 0.625. The second kappa shape index (κ2) is 10.5. The van der Waals surface area contributed by atoms with Crippen molar-refractivity contribution >= 4 is 41.7 Å². The summed E-state index contributed by atoms with van der Waals surface area (Å²) in [4.78, 5) is 32.2. The molecule has 0 bridgehead atoms. The summed E-state index contributed by atoms with van der Waals surface area (Å²) in [6.45, 7) is 5.24. The van der Waals surface area contributed by atoms with E-state index in [1.807, 2.05) is 6.92 Å². The second-order valence-electron chi connectivity index (χ2n) is 3.11. The van der Waals surface area contributed by atoms with E-state index >= 15 is 0 Å². The molecule has 0 aliphatic heterocycles. The minimum Gasteiger partial charge on any atom is -0.303 e. The van der Waals surface area contributed by atoms with E-state index in [4.69, 9.17) is 24.0 Å². The topological polar surface area (TPSA) is 104 Å². The van der Waals surface area contributed by atoms with Crippen molar-refractivity contribution in [2.24, 2.45) is 0 Å². The quantitative estimate of drug-likeness (QED) is 0.289. The summed E-state index contributed by atoms with van der Waals surface area (Å²) < 4.78 is 15.1. The summed E-state index contributed by atoms with van der Waals surface area (Å²) in [5.41, 5.74) is 0. The van der Waals surface area contributed by atoms with Crippen LogP contribution >= 0.6 is 7.82 Å². The molecule has 0 aromatic heterocycles. The van der Waals surface area contributed by atoms with Crippen molar-refractivity contribution in [3.63, 3.8) is 0 Å². The summed E-state index contributed by atoms with van der Waals surface area (Å²) in [5, 5.41) is 0. The molecule has 3 N–H and O–H groups in total. The molecule has 6 nitrogen and oxygen atoms in total. The van der Waals surface area contributed by atoms with Gasteiger partial charge in [-0.25, -0.2) is 4.57 Å². The predicted octanol–water partition coefficient (Wildman–Crippen LogP) is 0.542. The molecule has 8 heteroatoms. The van der Waals surface area contributed by atoms with Crippen LogP contribution in [0.5, 0.6) is 0 Å². The van der Waals surface area contributed by atoms with E-state index in [9.17, 15) is 4.79 Å². The van der Waals surface area contributed by atoms with E-state index < -0.39 is 7.82 Å². The van der Waals surface area contributed by atoms with Crippen molar-refractivity contribution in [1.82, 2.24) is 0 Å². The van der Waals surface area contributed by atoms with Gasteiger partial charge >= 0.3 is 93.4 Å². The molecule has 0 rings (SSSR count). The van der Waals surface area contributed by atoms with Gasteiger partial charge < -0.3 is 14.7 Å². The molecule has 0 aliphatic carbocycles. The van der Waals surface area contributed by atoms with E-state index in [0.29, 0.717) is 0 Å². The molecule has 16 heavy (non-hydrogen) atoms. The number of carbonyl (C=O) groups is 1. The van der Waals surface area contributed by atoms with Crippen LogP contribution in [0, 0.1) is 0 Å². The van der Waals surface area contributed by atoms with E-state index in [0.717, 1.165) is 12.8 Å². The number of ether oxygens (including phenoxy) is 1. The van der Waals surface area contributed by atoms with E-state index in [1.54, 1.807) is 0 Å². The average Bonchev–Trinajstić information content (AvgIpc) is 2.11. The average molecular weight is 262 g/mol. The Kier molecular flexibility index (Phi) is 12.2. The summed E-state index contributed by atoms with van der Waals surface area (Å²) >= 11 is 1.23. The second-order valence-corrected chi connectivity index (χ2v) is 5.13. The van der Waals surface area contributed by atoms with Crippen LogP contribution in [0.15, 0.2) is 12.7 Å². The van der Waals surface area contributed by atoms with Gasteiger partial charge in [0.2, 0.25) is 0 Å². The molecule has 0 spiro atoms. The Morgan fingerprint density at radius 2 is 2.00 bits per heavy atom. The Labute approximate surface area is 112 Å². The molecule has 1 unspecified atom stereocenters. The minimum absolute atomic E-state index is 0.0504. The first kappa shape index (κ1) is 18.7. The first-order chi connectivity index (χ1) is 7.20. The van der Waals surface area contributed by atoms with Crippen molar-refractivity contribution in [3.8, 4) is 0 Å². The van der Waals surface area contributed by atoms with Gasteiger partial charge in [-0.05, 0) is 0 Å². The zero-order chi connectivity index (χ0) is 13.2. The van der Waals surface area contributed by atoms with Gasteiger partial charge in [-0.15, -0.1) is 0 Å². The van der Waals surface area contributed by atoms with Crippen LogP contribution in [0.1, 0.15) is 19.8 Å². The molecule has 0 aromatic rings. The number of carbonyl (C=O) groups excluding carboxylic acids is 1. The third kappa shape index (κ3) is 23.9. The standard InChI is InChI=1S/C8H13O2.Na.H3O4P/c1-4-6-7(3)10-8(9)5-2;;1-5(2,3)4/h5,7H,1-2,4,6H2,3H3;;(H3,1,2,3,4). The minimum atomic E-state index is -4.64. The van der Waals surface area contributed by atoms with Crippen LogP contribution in [0.25, 0.3) is 0 Å². The summed E-state index contributed by atoms with van der Waals surface area (Å²) in [7, 11) is -4.64. The maximum absolute atomic E-state index is 10.7. The normalized spacial score (nSPS) is 12.1. The van der Waals surface area contributed by atoms with Crippen molar-refractivity contribution in [1.29, 1.82) is 0 Å². The zero-order valence-electron chi connectivity index (χ0n) is 9.50. The Balaban J connectivity index is 0. The Bertz CT molecular complexity index is 243. The van der Waals surface area contributed by atoms with Crippen LogP contribution in [0.2, 0.25) is 3.67 Å². The Morgan fingerprint density at radius 3 is 2.31 bits per heavy atom. The summed E-state index contributed by atoms with van der Waals surface area (Å²) in [5.74, 6) is -0.314. The monoisotopic (exact) mass is 262 g/mol. The van der Waals surface area contributed by atoms with Gasteiger partial charge in [-0.2, -0.15) is 0 Å². The first-order valence-electron chi connectivity index (χ1n) is 4.82. The van der Waals surface area contributed by atoms with Crippen LogP contribution < -0.4 is 0 Å². The van der Waals surface area contributed by atoms with Crippen molar-refractivity contribution < 1.29 is 28.8 Å². The molecule has 1 atom stereocenters. The summed E-state index contributed by atoms with van der Waals surface area (Å²) in [6, 6.07) is 0. The van der Waals surface area contributed by atoms with Gasteiger partial charge in [-0.3, -0.25) is 0 Å². The molecule has 0 radical (unpaired) electrons. The zero-order valence-corrected chi connectivity index (χ0v) is 12.4. The first-order valence-corrected chi connectivity index (χ1v) is 7.80. The van der Waals surface area contributed by atoms with Crippen LogP contribution in [0.4, 0.5) is 0 Å². The van der Waals surface area contributed by atoms with Gasteiger partial charge in [0.25, 0.3) is 0 Å². The molecule has 0 saturated heterocycles. The smallest absolute Gasteiger partial charge is 0.303 e. The molecular weight excluding hydrogens is 246 g/mol.